The van der Waals surface area contributed by atoms with Crippen molar-refractivity contribution < 1.29 is 4.74 Å². The molecule has 2 aromatic carbocycles. The minimum Gasteiger partial charge on any atom is -0.496 e. The van der Waals surface area contributed by atoms with E-state index in [0.29, 0.717) is 47.3 Å². The van der Waals surface area contributed by atoms with Gasteiger partial charge in [0.15, 0.2) is 0 Å². The van der Waals surface area contributed by atoms with Crippen LogP contribution in [0.2, 0.25) is 0 Å². The summed E-state index contributed by atoms with van der Waals surface area (Å²) in [6.07, 6.45) is 11.5. The summed E-state index contributed by atoms with van der Waals surface area (Å²) in [6.45, 7) is 28.8. The van der Waals surface area contributed by atoms with Gasteiger partial charge in [-0.25, -0.2) is 0 Å². The van der Waals surface area contributed by atoms with Gasteiger partial charge in [-0.05, 0) is 123 Å². The first-order valence-corrected chi connectivity index (χ1v) is 19.0. The molecule has 2 aromatic rings. The van der Waals surface area contributed by atoms with Crippen LogP contribution in [-0.4, -0.2) is 7.11 Å². The minimum atomic E-state index is 0.0222. The normalized spacial score (nSPS) is 30.8. The molecule has 2 fully saturated rings. The summed E-state index contributed by atoms with van der Waals surface area (Å²) in [7, 11) is 1.89. The van der Waals surface area contributed by atoms with Crippen molar-refractivity contribution in [2.45, 2.75) is 113 Å². The number of benzene rings is 2. The molecule has 48 heavy (non-hydrogen) atoms. The number of hydrogen-bond acceptors (Lipinski definition) is 1. The molecule has 8 atom stereocenters. The Bertz CT molecular complexity index is 1610. The van der Waals surface area contributed by atoms with E-state index in [9.17, 15) is 0 Å². The zero-order chi connectivity index (χ0) is 34.9. The van der Waals surface area contributed by atoms with Gasteiger partial charge in [0.2, 0.25) is 0 Å². The average Bonchev–Trinajstić information content (AvgIpc) is 3.51. The molecule has 0 amide bonds. The van der Waals surface area contributed by atoms with E-state index in [-0.39, 0.29) is 16.2 Å². The summed E-state index contributed by atoms with van der Waals surface area (Å²) < 4.78 is 6.32. The van der Waals surface area contributed by atoms with E-state index >= 15 is 0 Å². The maximum atomic E-state index is 6.32. The Kier molecular flexibility index (Phi) is 9.13. The van der Waals surface area contributed by atoms with Crippen molar-refractivity contribution >= 4 is 11.1 Å². The van der Waals surface area contributed by atoms with Crippen molar-refractivity contribution in [3.05, 3.63) is 106 Å². The van der Waals surface area contributed by atoms with Crippen LogP contribution in [0.25, 0.3) is 11.1 Å². The van der Waals surface area contributed by atoms with Crippen LogP contribution < -0.4 is 0 Å². The van der Waals surface area contributed by atoms with Crippen LogP contribution in [0, 0.1) is 52.8 Å². The monoisotopic (exact) mass is 644 g/mol. The minimum absolute atomic E-state index is 0.0222. The Morgan fingerprint density at radius 1 is 0.688 bits per heavy atom. The highest BCUT2D eigenvalue weighted by molar-refractivity contribution is 5.76. The fraction of sp³-hybridized carbons (Fsp3) is 0.574. The lowest BCUT2D eigenvalue weighted by molar-refractivity contribution is 0.215. The molecule has 8 unspecified atom stereocenters. The Morgan fingerprint density at radius 3 is 1.83 bits per heavy atom. The van der Waals surface area contributed by atoms with Crippen LogP contribution >= 0.6 is 0 Å². The van der Waals surface area contributed by atoms with Crippen molar-refractivity contribution in [1.29, 1.82) is 0 Å². The lowest BCUT2D eigenvalue weighted by Gasteiger charge is -2.38. The molecule has 0 spiro atoms. The Labute approximate surface area is 294 Å². The SMILES string of the molecule is COC1=C(c2ccccc2)C2CC(C)C(CC3C(C)CC4C(c5cc(C(C)(C)C)cc(C(C)(C)C)c5)=CC=C(C)C43)C2C=C1C(C)(C)C. The average molecular weight is 645 g/mol. The van der Waals surface area contributed by atoms with E-state index in [1.165, 1.54) is 52.7 Å². The third-order valence-electron chi connectivity index (χ3n) is 12.9. The highest BCUT2D eigenvalue weighted by Crippen LogP contribution is 2.60. The van der Waals surface area contributed by atoms with Crippen molar-refractivity contribution in [2.24, 2.45) is 52.8 Å². The zero-order valence-electron chi connectivity index (χ0n) is 32.5. The van der Waals surface area contributed by atoms with E-state index in [1.807, 2.05) is 7.11 Å². The van der Waals surface area contributed by atoms with Crippen LogP contribution in [0.1, 0.15) is 125 Å². The van der Waals surface area contributed by atoms with E-state index in [0.717, 1.165) is 5.76 Å². The lowest BCUT2D eigenvalue weighted by atomic mass is 9.67. The molecule has 4 aliphatic carbocycles. The molecule has 1 nitrogen and oxygen atoms in total. The molecule has 4 aliphatic rings. The quantitative estimate of drug-likeness (QED) is 0.315. The third-order valence-corrected chi connectivity index (χ3v) is 12.9. The van der Waals surface area contributed by atoms with Crippen molar-refractivity contribution in [1.82, 2.24) is 0 Å². The molecule has 2 saturated carbocycles. The first kappa shape index (κ1) is 35.0. The van der Waals surface area contributed by atoms with Gasteiger partial charge in [-0.15, -0.1) is 0 Å². The summed E-state index contributed by atoms with van der Waals surface area (Å²) in [5.41, 5.74) is 12.0. The number of hydrogen-bond donors (Lipinski definition) is 0. The van der Waals surface area contributed by atoms with Gasteiger partial charge in [0.05, 0.1) is 7.11 Å². The largest absolute Gasteiger partial charge is 0.496 e. The first-order valence-electron chi connectivity index (χ1n) is 19.0. The van der Waals surface area contributed by atoms with Crippen LogP contribution in [0.3, 0.4) is 0 Å². The van der Waals surface area contributed by atoms with Crippen molar-refractivity contribution in [3.8, 4) is 0 Å². The summed E-state index contributed by atoms with van der Waals surface area (Å²) in [4.78, 5) is 0. The Balaban J connectivity index is 1.36. The molecule has 1 heteroatoms. The smallest absolute Gasteiger partial charge is 0.126 e. The van der Waals surface area contributed by atoms with Gasteiger partial charge < -0.3 is 4.74 Å². The second kappa shape index (κ2) is 12.5. The maximum Gasteiger partial charge on any atom is 0.126 e. The fourth-order valence-corrected chi connectivity index (χ4v) is 10.2. The number of allylic oxidation sites excluding steroid dienone is 7. The van der Waals surface area contributed by atoms with E-state index in [1.54, 1.807) is 11.1 Å². The second-order valence-corrected chi connectivity index (χ2v) is 19.3. The highest BCUT2D eigenvalue weighted by Gasteiger charge is 2.51. The van der Waals surface area contributed by atoms with Gasteiger partial charge in [-0.2, -0.15) is 0 Å². The van der Waals surface area contributed by atoms with Crippen molar-refractivity contribution in [2.75, 3.05) is 7.11 Å². The predicted molar refractivity (Wildman–Crippen MR) is 207 cm³/mol. The lowest BCUT2D eigenvalue weighted by Crippen LogP contribution is -2.29. The number of ether oxygens (including phenoxy) is 1. The first-order chi connectivity index (χ1) is 22.4. The van der Waals surface area contributed by atoms with Gasteiger partial charge in [0, 0.05) is 5.57 Å². The summed E-state index contributed by atoms with van der Waals surface area (Å²) in [5, 5.41) is 0. The molecule has 0 aliphatic heterocycles. The molecule has 0 N–H and O–H groups in total. The number of rotatable bonds is 5. The molecule has 0 aromatic heterocycles. The predicted octanol–water partition coefficient (Wildman–Crippen LogP) is 12.8. The molecular formula is C47H64O. The van der Waals surface area contributed by atoms with Crippen LogP contribution in [0.5, 0.6) is 0 Å². The molecule has 0 heterocycles. The van der Waals surface area contributed by atoms with Gasteiger partial charge in [-0.1, -0.05) is 148 Å². The molecule has 0 bridgehead atoms. The van der Waals surface area contributed by atoms with E-state index in [4.69, 9.17) is 4.74 Å². The number of fused-ring (bicyclic) bond motifs is 2. The van der Waals surface area contributed by atoms with Crippen LogP contribution in [0.4, 0.5) is 0 Å². The van der Waals surface area contributed by atoms with E-state index < -0.39 is 0 Å². The highest BCUT2D eigenvalue weighted by atomic mass is 16.5. The summed E-state index contributed by atoms with van der Waals surface area (Å²) >= 11 is 0. The molecule has 0 radical (unpaired) electrons. The fourth-order valence-electron chi connectivity index (χ4n) is 10.2. The van der Waals surface area contributed by atoms with Gasteiger partial charge in [-0.3, -0.25) is 0 Å². The molecule has 258 valence electrons. The summed E-state index contributed by atoms with van der Waals surface area (Å²) in [6, 6.07) is 18.7. The van der Waals surface area contributed by atoms with Gasteiger partial charge in [0.1, 0.15) is 5.76 Å². The van der Waals surface area contributed by atoms with Gasteiger partial charge >= 0.3 is 0 Å². The zero-order valence-corrected chi connectivity index (χ0v) is 32.5. The molecular weight excluding hydrogens is 581 g/mol. The second-order valence-electron chi connectivity index (χ2n) is 19.3. The van der Waals surface area contributed by atoms with Crippen LogP contribution in [0.15, 0.2) is 83.7 Å². The molecule has 6 rings (SSSR count). The summed E-state index contributed by atoms with van der Waals surface area (Å²) in [5.74, 6) is 6.17. The van der Waals surface area contributed by atoms with Crippen molar-refractivity contribution in [3.63, 3.8) is 0 Å². The Morgan fingerprint density at radius 2 is 1.27 bits per heavy atom. The van der Waals surface area contributed by atoms with E-state index in [2.05, 4.69) is 150 Å². The molecule has 0 saturated heterocycles. The van der Waals surface area contributed by atoms with Crippen LogP contribution in [-0.2, 0) is 15.6 Å². The topological polar surface area (TPSA) is 9.23 Å². The standard InChI is InChI=1S/C47H64O/c1-28-19-20-35(32-23-33(45(4,5)6)25-34(24-32)46(7,8)9)39-22-30(3)37(42(28)39)26-36-29(2)21-40-38(36)27-41(47(10,11)12)44(48-13)43(40)31-17-15-14-16-18-31/h14-20,23-25,27,29-30,36-40,42H,21-22,26H2,1-13H3. The third kappa shape index (κ3) is 6.33. The Hall–Kier alpha value is -2.80. The maximum absolute atomic E-state index is 6.32. The van der Waals surface area contributed by atoms with Gasteiger partial charge in [0.25, 0.3) is 0 Å². The number of methoxy groups -OCH3 is 1.